The van der Waals surface area contributed by atoms with Crippen molar-refractivity contribution in [1.29, 1.82) is 0 Å². The highest BCUT2D eigenvalue weighted by Gasteiger charge is 2.70. The Morgan fingerprint density at radius 2 is 1.54 bits per heavy atom. The number of hydrogen-bond acceptors (Lipinski definition) is 6. The van der Waals surface area contributed by atoms with Gasteiger partial charge in [0.05, 0.1) is 28.9 Å². The normalized spacial score (nSPS) is 28.6. The van der Waals surface area contributed by atoms with Crippen LogP contribution in [-0.2, 0) is 24.6 Å². The average Bonchev–Trinajstić information content (AvgIpc) is 3.42. The van der Waals surface area contributed by atoms with Crippen molar-refractivity contribution in [2.75, 3.05) is 12.0 Å². The predicted molar refractivity (Wildman–Crippen MR) is 173 cm³/mol. The molecule has 6 unspecified atom stereocenters. The third-order valence-electron chi connectivity index (χ3n) is 10.8. The molecular formula is C38H39N3O5. The maximum absolute atomic E-state index is 15.2. The summed E-state index contributed by atoms with van der Waals surface area (Å²) in [6, 6.07) is 20.8. The van der Waals surface area contributed by atoms with Crippen LogP contribution in [0.2, 0.25) is 0 Å². The van der Waals surface area contributed by atoms with E-state index in [1.54, 1.807) is 0 Å². The van der Waals surface area contributed by atoms with Crippen molar-refractivity contribution in [3.8, 4) is 5.75 Å². The molecule has 8 nitrogen and oxygen atoms in total. The summed E-state index contributed by atoms with van der Waals surface area (Å²) in [5.74, 6) is -3.71. The van der Waals surface area contributed by atoms with Crippen LogP contribution >= 0.6 is 0 Å². The summed E-state index contributed by atoms with van der Waals surface area (Å²) in [5, 5.41) is 12.0. The number of carbonyl (C=O) groups is 4. The maximum atomic E-state index is 15.2. The van der Waals surface area contributed by atoms with Gasteiger partial charge in [0.15, 0.2) is 0 Å². The van der Waals surface area contributed by atoms with Crippen molar-refractivity contribution in [1.82, 2.24) is 9.91 Å². The van der Waals surface area contributed by atoms with Gasteiger partial charge >= 0.3 is 0 Å². The first-order chi connectivity index (χ1) is 22.1. The number of hydrazine groups is 1. The predicted octanol–water partition coefficient (Wildman–Crippen LogP) is 5.71. The molecule has 2 aliphatic carbocycles. The highest BCUT2D eigenvalue weighted by atomic mass is 16.3. The smallest absolute Gasteiger partial charge is 0.260 e. The number of amides is 4. The summed E-state index contributed by atoms with van der Waals surface area (Å²) in [5.41, 5.74) is 7.26. The molecule has 46 heavy (non-hydrogen) atoms. The van der Waals surface area contributed by atoms with Gasteiger partial charge in [-0.05, 0) is 80.3 Å². The molecule has 6 atom stereocenters. The zero-order chi connectivity index (χ0) is 32.5. The molecule has 8 heteroatoms. The molecule has 1 saturated carbocycles. The van der Waals surface area contributed by atoms with Crippen LogP contribution in [0.25, 0.3) is 0 Å². The number of fused-ring (bicyclic) bond motifs is 4. The van der Waals surface area contributed by atoms with Gasteiger partial charge in [-0.3, -0.25) is 29.5 Å². The largest absolute Gasteiger partial charge is 0.507 e. The monoisotopic (exact) mass is 617 g/mol. The van der Waals surface area contributed by atoms with E-state index in [2.05, 4.69) is 11.5 Å². The lowest BCUT2D eigenvalue weighted by molar-refractivity contribution is -0.141. The lowest BCUT2D eigenvalue weighted by Gasteiger charge is -2.50. The minimum atomic E-state index is -1.32. The quantitative estimate of drug-likeness (QED) is 0.271. The topological polar surface area (TPSA) is 107 Å². The second-order valence-electron chi connectivity index (χ2n) is 13.4. The van der Waals surface area contributed by atoms with Gasteiger partial charge < -0.3 is 5.11 Å². The molecule has 0 bridgehead atoms. The Hall–Kier alpha value is -4.72. The summed E-state index contributed by atoms with van der Waals surface area (Å²) >= 11 is 0. The van der Waals surface area contributed by atoms with E-state index in [0.29, 0.717) is 36.2 Å². The number of carbonyl (C=O) groups excluding carboxylic acids is 4. The third-order valence-corrected chi connectivity index (χ3v) is 10.8. The summed E-state index contributed by atoms with van der Waals surface area (Å²) < 4.78 is 0. The number of hydrogen-bond donors (Lipinski definition) is 2. The third kappa shape index (κ3) is 4.18. The van der Waals surface area contributed by atoms with Gasteiger partial charge in [0.2, 0.25) is 11.8 Å². The lowest BCUT2D eigenvalue weighted by atomic mass is 9.49. The average molecular weight is 618 g/mol. The number of phenols is 1. The van der Waals surface area contributed by atoms with Crippen molar-refractivity contribution >= 4 is 29.3 Å². The fraction of sp³-hybridized carbons (Fsp3) is 0.368. The van der Waals surface area contributed by atoms with E-state index in [-0.39, 0.29) is 35.8 Å². The Labute approximate surface area is 269 Å². The van der Waals surface area contributed by atoms with E-state index >= 15 is 4.79 Å². The van der Waals surface area contributed by atoms with Gasteiger partial charge in [-0.15, -0.1) is 0 Å². The van der Waals surface area contributed by atoms with Crippen LogP contribution < -0.4 is 5.43 Å². The Balaban J connectivity index is 1.46. The first kappa shape index (κ1) is 30.0. The number of rotatable bonds is 6. The van der Waals surface area contributed by atoms with Crippen molar-refractivity contribution < 1.29 is 24.3 Å². The van der Waals surface area contributed by atoms with Gasteiger partial charge in [0.25, 0.3) is 11.8 Å². The molecule has 2 heterocycles. The first-order valence-electron chi connectivity index (χ1n) is 16.2. The van der Waals surface area contributed by atoms with E-state index < -0.39 is 35.0 Å². The van der Waals surface area contributed by atoms with Crippen LogP contribution in [0.4, 0.5) is 5.69 Å². The summed E-state index contributed by atoms with van der Waals surface area (Å²) in [6.45, 7) is 7.96. The molecule has 4 amide bonds. The van der Waals surface area contributed by atoms with Crippen molar-refractivity contribution in [3.63, 3.8) is 0 Å². The second kappa shape index (κ2) is 11.0. The number of aryl methyl sites for hydroxylation is 3. The van der Waals surface area contributed by atoms with E-state index in [1.807, 2.05) is 94.4 Å². The van der Waals surface area contributed by atoms with Crippen LogP contribution in [0.3, 0.4) is 0 Å². The molecule has 7 rings (SSSR count). The molecular weight excluding hydrogens is 578 g/mol. The van der Waals surface area contributed by atoms with Crippen molar-refractivity contribution in [2.24, 2.45) is 23.7 Å². The molecule has 0 spiro atoms. The van der Waals surface area contributed by atoms with E-state index in [4.69, 9.17) is 0 Å². The molecule has 3 fully saturated rings. The standard InChI is InChI=1S/C38H39N3O5/c1-5-17-40-34(43)28-16-15-27-29(31(28)36(40)45)20-30-35(44)41(39-26-13-11-21(2)12-14-26)37(46)38(30,25-9-7-6-8-10-25)32(27)24-18-22(3)33(42)23(4)19-24/h6-15,18-19,28-32,39,42H,5,16-17,20H2,1-4H3. The molecule has 0 radical (unpaired) electrons. The van der Waals surface area contributed by atoms with Gasteiger partial charge in [-0.2, -0.15) is 5.01 Å². The number of nitrogens with one attached hydrogen (secondary N) is 1. The Kier molecular flexibility index (Phi) is 7.14. The lowest BCUT2D eigenvalue weighted by Crippen LogP contribution is -2.53. The summed E-state index contributed by atoms with van der Waals surface area (Å²) in [7, 11) is 0. The number of allylic oxidation sites excluding steroid dienone is 2. The van der Waals surface area contributed by atoms with Crippen molar-refractivity contribution in [3.05, 3.63) is 106 Å². The van der Waals surface area contributed by atoms with Gasteiger partial charge in [-0.25, -0.2) is 0 Å². The van der Waals surface area contributed by atoms with Gasteiger partial charge in [0, 0.05) is 12.5 Å². The Morgan fingerprint density at radius 3 is 2.20 bits per heavy atom. The SMILES string of the molecule is CCCN1C(=O)C2CC=C3C(CC4C(=O)N(Nc5ccc(C)cc5)C(=O)C4(c4ccccc4)C3c3cc(C)c(O)c(C)c3)C2C1=O. The van der Waals surface area contributed by atoms with E-state index in [1.165, 1.54) is 9.91 Å². The zero-order valence-corrected chi connectivity index (χ0v) is 26.6. The van der Waals surface area contributed by atoms with Gasteiger partial charge in [0.1, 0.15) is 5.75 Å². The summed E-state index contributed by atoms with van der Waals surface area (Å²) in [4.78, 5) is 58.7. The second-order valence-corrected chi connectivity index (χ2v) is 13.4. The number of phenolic OH excluding ortho intramolecular Hbond substituents is 1. The molecule has 4 aliphatic rings. The van der Waals surface area contributed by atoms with Crippen LogP contribution in [0.1, 0.15) is 59.9 Å². The van der Waals surface area contributed by atoms with Crippen LogP contribution in [-0.4, -0.2) is 45.2 Å². The highest BCUT2D eigenvalue weighted by molar-refractivity contribution is 6.13. The van der Waals surface area contributed by atoms with Gasteiger partial charge in [-0.1, -0.05) is 78.7 Å². The fourth-order valence-electron chi connectivity index (χ4n) is 8.79. The van der Waals surface area contributed by atoms with E-state index in [0.717, 1.165) is 22.3 Å². The molecule has 236 valence electrons. The van der Waals surface area contributed by atoms with Crippen molar-refractivity contribution in [2.45, 2.75) is 58.3 Å². The minimum absolute atomic E-state index is 0.142. The highest BCUT2D eigenvalue weighted by Crippen LogP contribution is 2.64. The fourth-order valence-corrected chi connectivity index (χ4v) is 8.79. The van der Waals surface area contributed by atoms with Crippen LogP contribution in [0.5, 0.6) is 5.75 Å². The Bertz CT molecular complexity index is 1780. The minimum Gasteiger partial charge on any atom is -0.507 e. The molecule has 2 saturated heterocycles. The molecule has 3 aromatic carbocycles. The first-order valence-corrected chi connectivity index (χ1v) is 16.2. The van der Waals surface area contributed by atoms with E-state index in [9.17, 15) is 19.5 Å². The molecule has 0 aromatic heterocycles. The summed E-state index contributed by atoms with van der Waals surface area (Å²) in [6.07, 6.45) is 3.41. The number of aromatic hydroxyl groups is 1. The van der Waals surface area contributed by atoms with Crippen LogP contribution in [0.15, 0.2) is 78.4 Å². The number of likely N-dealkylation sites (tertiary alicyclic amines) is 1. The number of nitrogens with zero attached hydrogens (tertiary/aromatic N) is 2. The number of benzene rings is 3. The zero-order valence-electron chi connectivity index (χ0n) is 26.6. The molecule has 3 aromatic rings. The molecule has 2 aliphatic heterocycles. The Morgan fingerprint density at radius 1 is 0.870 bits per heavy atom. The number of imide groups is 2. The number of anilines is 1. The maximum Gasteiger partial charge on any atom is 0.260 e. The molecule has 2 N–H and O–H groups in total. The van der Waals surface area contributed by atoms with Crippen LogP contribution in [0, 0.1) is 44.4 Å².